The molecule has 4 N–H and O–H groups in total. The second-order valence-electron chi connectivity index (χ2n) is 20.4. The maximum absolute atomic E-state index is 13.5. The molecule has 2 aliphatic rings. The Morgan fingerprint density at radius 2 is 1.25 bits per heavy atom. The number of Topliss-reactive ketones (excluding diaryl/α,β-unsaturated/α-hetero) is 1. The summed E-state index contributed by atoms with van der Waals surface area (Å²) in [7, 11) is 0. The number of benzene rings is 2. The van der Waals surface area contributed by atoms with Crippen LogP contribution in [-0.4, -0.2) is 109 Å². The lowest BCUT2D eigenvalue weighted by atomic mass is 9.91. The molecule has 2 fully saturated rings. The van der Waals surface area contributed by atoms with Gasteiger partial charge in [0.05, 0.1) is 64.5 Å². The average Bonchev–Trinajstić information content (AvgIpc) is 4.16. The lowest BCUT2D eigenvalue weighted by molar-refractivity contribution is -0.162. The van der Waals surface area contributed by atoms with Crippen molar-refractivity contribution < 1.29 is 55.2 Å². The number of halogens is 6. The molecule has 7 aromatic rings. The lowest BCUT2D eigenvalue weighted by Crippen LogP contribution is -2.23. The molecule has 9 rings (SSSR count). The van der Waals surface area contributed by atoms with Gasteiger partial charge in [0.25, 0.3) is 0 Å². The van der Waals surface area contributed by atoms with E-state index in [-0.39, 0.29) is 41.4 Å². The number of carbonyl (C=O) groups is 1. The highest BCUT2D eigenvalue weighted by Gasteiger charge is 2.33. The van der Waals surface area contributed by atoms with E-state index in [1.807, 2.05) is 6.07 Å². The quantitative estimate of drug-likeness (QED) is 0.0486. The number of ketones is 1. The number of aliphatic hydroxyl groups excluding tert-OH is 1. The predicted octanol–water partition coefficient (Wildman–Crippen LogP) is 11.1. The number of nitrogens with one attached hydrogen (secondary N) is 3. The van der Waals surface area contributed by atoms with Gasteiger partial charge in [-0.1, -0.05) is 41.5 Å². The summed E-state index contributed by atoms with van der Waals surface area (Å²) < 4.78 is 107. The van der Waals surface area contributed by atoms with E-state index in [0.29, 0.717) is 96.8 Å². The SMILES string of the molecule is CC(C)(C)C(=O)C#Cc1cnc2c(NCCCOC3CCCCO3)nc3cc(C(F)(F)F)ccc3n12.CC(C)(C)c1cc(-c2cnc3c(NCCCOC4CCCCO4)nc4cc(C(F)(F)F)ccc4n23)n[nH]1.CCO. The van der Waals surface area contributed by atoms with Gasteiger partial charge >= 0.3 is 12.4 Å². The largest absolute Gasteiger partial charge is 0.416 e. The van der Waals surface area contributed by atoms with Crippen LogP contribution < -0.4 is 10.6 Å². The molecular weight excluding hydrogens is 999 g/mol. The number of fused-ring (bicyclic) bond motifs is 6. The molecule has 16 nitrogen and oxygen atoms in total. The molecule has 2 unspecified atom stereocenters. The van der Waals surface area contributed by atoms with Crippen molar-refractivity contribution in [2.75, 3.05) is 56.8 Å². The Labute approximate surface area is 436 Å². The second-order valence-corrected chi connectivity index (χ2v) is 20.4. The third-order valence-electron chi connectivity index (χ3n) is 12.2. The van der Waals surface area contributed by atoms with Crippen molar-refractivity contribution in [3.05, 3.63) is 77.4 Å². The van der Waals surface area contributed by atoms with Crippen molar-refractivity contribution in [2.24, 2.45) is 5.41 Å². The van der Waals surface area contributed by atoms with Crippen molar-refractivity contribution in [1.82, 2.24) is 38.9 Å². The molecule has 0 spiro atoms. The van der Waals surface area contributed by atoms with Crippen LogP contribution in [0.15, 0.2) is 54.9 Å². The van der Waals surface area contributed by atoms with Crippen molar-refractivity contribution in [3.8, 4) is 23.2 Å². The van der Waals surface area contributed by atoms with Crippen molar-refractivity contribution in [2.45, 2.75) is 130 Å². The van der Waals surface area contributed by atoms with Gasteiger partial charge in [-0.2, -0.15) is 31.4 Å². The summed E-state index contributed by atoms with van der Waals surface area (Å²) in [5.74, 6) is 5.94. The molecule has 0 saturated carbocycles. The van der Waals surface area contributed by atoms with Gasteiger partial charge in [-0.05, 0) is 113 Å². The number of aromatic nitrogens is 8. The highest BCUT2D eigenvalue weighted by molar-refractivity contribution is 6.00. The van der Waals surface area contributed by atoms with Crippen LogP contribution in [-0.2, 0) is 41.5 Å². The zero-order valence-corrected chi connectivity index (χ0v) is 43.8. The zero-order chi connectivity index (χ0) is 54.8. The third kappa shape index (κ3) is 14.5. The Balaban J connectivity index is 0.000000211. The van der Waals surface area contributed by atoms with Crippen LogP contribution in [0.4, 0.5) is 38.0 Å². The first-order chi connectivity index (χ1) is 36.1. The van der Waals surface area contributed by atoms with Gasteiger partial charge in [-0.25, -0.2) is 19.9 Å². The van der Waals surface area contributed by atoms with Crippen LogP contribution in [0.5, 0.6) is 0 Å². The Morgan fingerprint density at radius 1 is 0.750 bits per heavy atom. The highest BCUT2D eigenvalue weighted by atomic mass is 19.4. The van der Waals surface area contributed by atoms with E-state index < -0.39 is 28.9 Å². The van der Waals surface area contributed by atoms with Gasteiger partial charge in [0.15, 0.2) is 35.5 Å². The number of H-pyrrole nitrogens is 1. The number of nitrogens with zero attached hydrogens (tertiary/aromatic N) is 7. The zero-order valence-electron chi connectivity index (χ0n) is 43.8. The molecule has 2 saturated heterocycles. The fraction of sp³-hybridized carbons (Fsp3) is 0.519. The number of alkyl halides is 6. The Hall–Kier alpha value is -6.38. The molecule has 0 bridgehead atoms. The van der Waals surface area contributed by atoms with Gasteiger partial charge in [0, 0.05) is 49.4 Å². The van der Waals surface area contributed by atoms with E-state index in [1.54, 1.807) is 42.7 Å². The Kier molecular flexibility index (Phi) is 18.7. The number of carbonyl (C=O) groups excluding carboxylic acids is 1. The average molecular weight is 1070 g/mol. The van der Waals surface area contributed by atoms with Gasteiger partial charge in [0.1, 0.15) is 11.4 Å². The predicted molar refractivity (Wildman–Crippen MR) is 277 cm³/mol. The fourth-order valence-corrected chi connectivity index (χ4v) is 8.15. The smallest absolute Gasteiger partial charge is 0.397 e. The topological polar surface area (TPSA) is 187 Å². The molecule has 0 aliphatic carbocycles. The van der Waals surface area contributed by atoms with Crippen LogP contribution in [0.2, 0.25) is 0 Å². The first kappa shape index (κ1) is 57.3. The van der Waals surface area contributed by atoms with Crippen molar-refractivity contribution >= 4 is 50.8 Å². The van der Waals surface area contributed by atoms with Gasteiger partial charge < -0.3 is 34.7 Å². The van der Waals surface area contributed by atoms with Crippen molar-refractivity contribution in [1.29, 1.82) is 0 Å². The maximum Gasteiger partial charge on any atom is 0.416 e. The highest BCUT2D eigenvalue weighted by Crippen LogP contribution is 2.36. The van der Waals surface area contributed by atoms with Crippen molar-refractivity contribution in [3.63, 3.8) is 0 Å². The summed E-state index contributed by atoms with van der Waals surface area (Å²) in [4.78, 5) is 30.3. The summed E-state index contributed by atoms with van der Waals surface area (Å²) in [6, 6.07) is 8.85. The second kappa shape index (κ2) is 24.7. The fourth-order valence-electron chi connectivity index (χ4n) is 8.15. The summed E-state index contributed by atoms with van der Waals surface area (Å²) in [5.41, 5.74) is 2.48. The maximum atomic E-state index is 13.5. The molecule has 22 heteroatoms. The van der Waals surface area contributed by atoms with E-state index in [2.05, 4.69) is 73.4 Å². The number of aliphatic hydroxyl groups is 1. The number of hydrogen-bond donors (Lipinski definition) is 4. The van der Waals surface area contributed by atoms with E-state index >= 15 is 0 Å². The lowest BCUT2D eigenvalue weighted by Gasteiger charge is -2.22. The minimum Gasteiger partial charge on any atom is -0.397 e. The minimum absolute atomic E-state index is 0.134. The minimum atomic E-state index is -4.51. The van der Waals surface area contributed by atoms with Gasteiger partial charge in [-0.3, -0.25) is 18.7 Å². The number of hydrogen-bond acceptors (Lipinski definition) is 13. The molecule has 2 aromatic carbocycles. The van der Waals surface area contributed by atoms with Crippen LogP contribution in [0, 0.1) is 17.3 Å². The molecule has 76 heavy (non-hydrogen) atoms. The number of rotatable bonds is 13. The summed E-state index contributed by atoms with van der Waals surface area (Å²) in [6.45, 7) is 16.8. The first-order valence-electron chi connectivity index (χ1n) is 25.5. The first-order valence-corrected chi connectivity index (χ1v) is 25.5. The van der Waals surface area contributed by atoms with Gasteiger partial charge in [-0.15, -0.1) is 0 Å². The number of aromatic amines is 1. The summed E-state index contributed by atoms with van der Waals surface area (Å²) in [5, 5.41) is 21.5. The van der Waals surface area contributed by atoms with E-state index in [1.165, 1.54) is 18.3 Å². The number of ether oxygens (including phenoxy) is 4. The Bertz CT molecular complexity index is 3130. The standard InChI is InChI=1S/C26H31F3N6O2.C26H29F3N4O3.C2H6O/c1-25(2,3)21-14-18(33-34-21)20-15-31-24-23(30-10-6-12-37-22-7-4-5-11-36-22)32-17-13-16(26(27,28)29)8-9-19(17)35(20)24;1-25(2,3)21(34)11-9-18-16-31-24-23(30-12-6-14-36-22-7-4-5-13-35-22)32-19-15-17(26(27,28)29)8-10-20(19)33(18)24;1-2-3/h8-9,13-15,22H,4-7,10-12H2,1-3H3,(H,30,32)(H,33,34);8,10,15-16,22H,4-7,12-14H2,1-3H3,(H,30,32);3H,2H2,1H3. The van der Waals surface area contributed by atoms with Gasteiger partial charge in [0.2, 0.25) is 5.78 Å². The molecule has 2 atom stereocenters. The van der Waals surface area contributed by atoms with E-state index in [9.17, 15) is 31.1 Å². The molecule has 2 aliphatic heterocycles. The summed E-state index contributed by atoms with van der Waals surface area (Å²) in [6.07, 6.45) is 1.19. The van der Waals surface area contributed by atoms with E-state index in [0.717, 1.165) is 75.1 Å². The van der Waals surface area contributed by atoms with Crippen LogP contribution in [0.3, 0.4) is 0 Å². The molecule has 7 heterocycles. The molecule has 5 aromatic heterocycles. The number of imidazole rings is 2. The molecule has 0 radical (unpaired) electrons. The Morgan fingerprint density at radius 3 is 1.71 bits per heavy atom. The molecule has 410 valence electrons. The normalized spacial score (nSPS) is 16.4. The third-order valence-corrected chi connectivity index (χ3v) is 12.2. The van der Waals surface area contributed by atoms with Crippen LogP contribution >= 0.6 is 0 Å². The van der Waals surface area contributed by atoms with Crippen LogP contribution in [0.25, 0.3) is 44.7 Å². The summed E-state index contributed by atoms with van der Waals surface area (Å²) >= 11 is 0. The number of anilines is 2. The monoisotopic (exact) mass is 1060 g/mol. The van der Waals surface area contributed by atoms with Crippen LogP contribution in [0.1, 0.15) is 122 Å². The van der Waals surface area contributed by atoms with E-state index in [4.69, 9.17) is 24.1 Å². The molecule has 0 amide bonds. The molecular formula is C54H66F6N10O6.